The molecule has 0 saturated carbocycles. The molecular weight excluding hydrogens is 244 g/mol. The highest BCUT2D eigenvalue weighted by molar-refractivity contribution is 7.89. The van der Waals surface area contributed by atoms with Crippen LogP contribution in [0.1, 0.15) is 20.3 Å². The fourth-order valence-electron chi connectivity index (χ4n) is 1.25. The zero-order valence-electron chi connectivity index (χ0n) is 9.58. The summed E-state index contributed by atoms with van der Waals surface area (Å²) in [7, 11) is -3.84. The van der Waals surface area contributed by atoms with Crippen LogP contribution in [0.15, 0.2) is 29.2 Å². The predicted octanol–water partition coefficient (Wildman–Crippen LogP) is 1.67. The van der Waals surface area contributed by atoms with Crippen molar-refractivity contribution in [1.82, 2.24) is 4.72 Å². The van der Waals surface area contributed by atoms with Crippen molar-refractivity contribution in [2.24, 2.45) is 0 Å². The summed E-state index contributed by atoms with van der Waals surface area (Å²) < 4.78 is 26.2. The second kappa shape index (κ2) is 5.24. The monoisotopic (exact) mass is 258 g/mol. The van der Waals surface area contributed by atoms with E-state index in [0.717, 1.165) is 0 Å². The van der Waals surface area contributed by atoms with Crippen LogP contribution in [0.4, 0.5) is 5.69 Å². The molecule has 94 valence electrons. The molecule has 0 amide bonds. The second-order valence-corrected chi connectivity index (χ2v) is 5.34. The van der Waals surface area contributed by atoms with Crippen molar-refractivity contribution in [2.45, 2.75) is 31.2 Å². The number of para-hydroxylation sites is 1. The number of nitrogens with zero attached hydrogens (tertiary/aromatic N) is 1. The second-order valence-electron chi connectivity index (χ2n) is 3.66. The van der Waals surface area contributed by atoms with Crippen LogP contribution in [-0.4, -0.2) is 19.4 Å². The lowest BCUT2D eigenvalue weighted by Crippen LogP contribution is -2.32. The molecule has 0 unspecified atom stereocenters. The molecule has 17 heavy (non-hydrogen) atoms. The van der Waals surface area contributed by atoms with Gasteiger partial charge in [-0.3, -0.25) is 10.1 Å². The third-order valence-electron chi connectivity index (χ3n) is 2.32. The summed E-state index contributed by atoms with van der Waals surface area (Å²) in [5.41, 5.74) is -0.414. The van der Waals surface area contributed by atoms with E-state index in [1.807, 2.05) is 6.92 Å². The van der Waals surface area contributed by atoms with E-state index >= 15 is 0 Å². The van der Waals surface area contributed by atoms with Gasteiger partial charge in [0, 0.05) is 12.1 Å². The van der Waals surface area contributed by atoms with Gasteiger partial charge in [0.25, 0.3) is 5.69 Å². The Bertz CT molecular complexity index is 513. The lowest BCUT2D eigenvalue weighted by Gasteiger charge is -2.11. The number of nitro benzene ring substituents is 1. The van der Waals surface area contributed by atoms with Crippen molar-refractivity contribution >= 4 is 15.7 Å². The molecule has 0 heterocycles. The quantitative estimate of drug-likeness (QED) is 0.642. The average Bonchev–Trinajstić information content (AvgIpc) is 2.28. The first-order valence-corrected chi connectivity index (χ1v) is 6.62. The highest BCUT2D eigenvalue weighted by atomic mass is 32.2. The third kappa shape index (κ3) is 3.24. The van der Waals surface area contributed by atoms with E-state index in [2.05, 4.69) is 4.72 Å². The molecule has 0 fully saturated rings. The normalized spacial score (nSPS) is 13.3. The summed E-state index contributed by atoms with van der Waals surface area (Å²) >= 11 is 0. The van der Waals surface area contributed by atoms with E-state index in [0.29, 0.717) is 6.42 Å². The van der Waals surface area contributed by atoms with E-state index in [-0.39, 0.29) is 10.9 Å². The minimum absolute atomic E-state index is 0.264. The zero-order valence-corrected chi connectivity index (χ0v) is 10.4. The predicted molar refractivity (Wildman–Crippen MR) is 63.2 cm³/mol. The van der Waals surface area contributed by atoms with Crippen molar-refractivity contribution in [2.75, 3.05) is 0 Å². The Morgan fingerprint density at radius 2 is 2.00 bits per heavy atom. The maximum atomic E-state index is 11.9. The smallest absolute Gasteiger partial charge is 0.258 e. The van der Waals surface area contributed by atoms with Crippen molar-refractivity contribution in [3.63, 3.8) is 0 Å². The van der Waals surface area contributed by atoms with Crippen LogP contribution in [0, 0.1) is 10.1 Å². The van der Waals surface area contributed by atoms with Gasteiger partial charge in [-0.1, -0.05) is 19.1 Å². The molecule has 1 aromatic carbocycles. The van der Waals surface area contributed by atoms with Gasteiger partial charge in [0.2, 0.25) is 10.0 Å². The van der Waals surface area contributed by atoms with Crippen LogP contribution >= 0.6 is 0 Å². The number of nitro groups is 1. The SMILES string of the molecule is CC[C@@H](C)NS(=O)(=O)c1ccccc1[N+](=O)[O-]. The van der Waals surface area contributed by atoms with Crippen LogP contribution in [0.2, 0.25) is 0 Å². The number of benzene rings is 1. The summed E-state index contributed by atoms with van der Waals surface area (Å²) in [5.74, 6) is 0. The van der Waals surface area contributed by atoms with E-state index < -0.39 is 20.6 Å². The molecule has 1 atom stereocenters. The first-order valence-electron chi connectivity index (χ1n) is 5.14. The maximum Gasteiger partial charge on any atom is 0.289 e. The van der Waals surface area contributed by atoms with Crippen LogP contribution in [0.25, 0.3) is 0 Å². The molecule has 1 N–H and O–H groups in total. The lowest BCUT2D eigenvalue weighted by atomic mass is 10.3. The first-order chi connectivity index (χ1) is 7.88. The number of nitrogens with one attached hydrogen (secondary N) is 1. The van der Waals surface area contributed by atoms with Gasteiger partial charge in [0.05, 0.1) is 4.92 Å². The summed E-state index contributed by atoms with van der Waals surface area (Å²) in [6.07, 6.45) is 0.611. The molecule has 0 bridgehead atoms. The molecule has 0 aliphatic rings. The maximum absolute atomic E-state index is 11.9. The van der Waals surface area contributed by atoms with Gasteiger partial charge in [0.1, 0.15) is 0 Å². The highest BCUT2D eigenvalue weighted by Crippen LogP contribution is 2.22. The Labute approximate surface area is 99.9 Å². The Hall–Kier alpha value is -1.47. The average molecular weight is 258 g/mol. The largest absolute Gasteiger partial charge is 0.289 e. The van der Waals surface area contributed by atoms with Gasteiger partial charge in [-0.25, -0.2) is 13.1 Å². The zero-order chi connectivity index (χ0) is 13.1. The van der Waals surface area contributed by atoms with Crippen molar-refractivity contribution in [3.8, 4) is 0 Å². The van der Waals surface area contributed by atoms with Crippen LogP contribution in [0.5, 0.6) is 0 Å². The molecule has 0 aliphatic heterocycles. The summed E-state index contributed by atoms with van der Waals surface area (Å²) in [5, 5.41) is 10.7. The molecular formula is C10H14N2O4S. The van der Waals surface area contributed by atoms with E-state index in [4.69, 9.17) is 0 Å². The molecule has 0 aliphatic carbocycles. The number of rotatable bonds is 5. The van der Waals surface area contributed by atoms with Crippen molar-refractivity contribution < 1.29 is 13.3 Å². The van der Waals surface area contributed by atoms with Gasteiger partial charge in [-0.2, -0.15) is 0 Å². The minimum atomic E-state index is -3.84. The lowest BCUT2D eigenvalue weighted by molar-refractivity contribution is -0.387. The molecule has 0 saturated heterocycles. The summed E-state index contributed by atoms with van der Waals surface area (Å²) in [6, 6.07) is 5.02. The van der Waals surface area contributed by atoms with E-state index in [1.165, 1.54) is 24.3 Å². The van der Waals surface area contributed by atoms with Crippen LogP contribution < -0.4 is 4.72 Å². The standard InChI is InChI=1S/C10H14N2O4S/c1-3-8(2)11-17(15,16)10-7-5-4-6-9(10)12(13)14/h4-8,11H,3H2,1-2H3/t8-/m1/s1. The van der Waals surface area contributed by atoms with Gasteiger partial charge in [-0.05, 0) is 19.4 Å². The number of sulfonamides is 1. The molecule has 1 aromatic rings. The fourth-order valence-corrected chi connectivity index (χ4v) is 2.75. The van der Waals surface area contributed by atoms with Gasteiger partial charge < -0.3 is 0 Å². The van der Waals surface area contributed by atoms with Crippen molar-refractivity contribution in [1.29, 1.82) is 0 Å². The summed E-state index contributed by atoms with van der Waals surface area (Å²) in [4.78, 5) is 9.73. The Balaban J connectivity index is 3.20. The Kier molecular flexibility index (Phi) is 4.19. The van der Waals surface area contributed by atoms with Crippen molar-refractivity contribution in [3.05, 3.63) is 34.4 Å². The molecule has 6 nitrogen and oxygen atoms in total. The topological polar surface area (TPSA) is 89.3 Å². The van der Waals surface area contributed by atoms with Gasteiger partial charge >= 0.3 is 0 Å². The molecule has 1 rings (SSSR count). The van der Waals surface area contributed by atoms with Crippen LogP contribution in [0.3, 0.4) is 0 Å². The summed E-state index contributed by atoms with van der Waals surface area (Å²) in [6.45, 7) is 3.53. The van der Waals surface area contributed by atoms with E-state index in [1.54, 1.807) is 6.92 Å². The molecule has 0 aromatic heterocycles. The number of hydrogen-bond donors (Lipinski definition) is 1. The fraction of sp³-hybridized carbons (Fsp3) is 0.400. The third-order valence-corrected chi connectivity index (χ3v) is 3.96. The Morgan fingerprint density at radius 3 is 2.53 bits per heavy atom. The van der Waals surface area contributed by atoms with E-state index in [9.17, 15) is 18.5 Å². The molecule has 7 heteroatoms. The van der Waals surface area contributed by atoms with Gasteiger partial charge in [-0.15, -0.1) is 0 Å². The number of hydrogen-bond acceptors (Lipinski definition) is 4. The highest BCUT2D eigenvalue weighted by Gasteiger charge is 2.25. The van der Waals surface area contributed by atoms with Gasteiger partial charge in [0.15, 0.2) is 4.90 Å². The molecule has 0 radical (unpaired) electrons. The van der Waals surface area contributed by atoms with Crippen LogP contribution in [-0.2, 0) is 10.0 Å². The minimum Gasteiger partial charge on any atom is -0.258 e. The first kappa shape index (κ1) is 13.6. The molecule has 0 spiro atoms. The Morgan fingerprint density at radius 1 is 1.41 bits per heavy atom.